The Morgan fingerprint density at radius 3 is 0.830 bits per heavy atom. The standard InChI is InChI=1S/C29H32N6O4.C28H30N6O4.C27H28N6O2/c1-3-33-10-14-38-16-12-34-18-22(20-6-4-8-30-26(20)34)24-25(29(37)32(2)28(24)36)23-19-35(13-17-39-15-11-33)27-21(23)7-5-9-31-27;1-2-32-9-13-37-15-11-33-17-21(19-5-3-7-29-25(19)33)23-24(28(36)31-27(23)35)22-18-34(12-16-38-14-10-32)26-20(22)6-4-8-30-26;34-26-22-20-16-32(24-18(20)8-6-12-29-24)14-4-1-2-10-28-11-3-5-15-33-17-21(23(22)27(35)31-26)19-9-7-13-30-25(19)33/h4-9,18-19H,3,10-17H2,1-2H3;3-8,17-18H,2,9-16H2,1H3,(H,31,35,36);6-9,12-13,16-17,28H,1-5,10-11,14-15H2,(H,31,34,35). The van der Waals surface area contributed by atoms with E-state index in [2.05, 4.69) is 78.6 Å². The number of pyridine rings is 6. The van der Waals surface area contributed by atoms with Crippen molar-refractivity contribution in [1.29, 1.82) is 0 Å². The van der Waals surface area contributed by atoms with Gasteiger partial charge in [-0.15, -0.1) is 0 Å². The molecule has 6 aliphatic rings. The Morgan fingerprint density at radius 1 is 0.312 bits per heavy atom. The lowest BCUT2D eigenvalue weighted by Gasteiger charge is -2.20. The number of carbonyl (C=O) groups excluding carboxylic acids is 6. The van der Waals surface area contributed by atoms with Crippen molar-refractivity contribution in [2.45, 2.75) is 85.2 Å². The molecule has 0 aromatic carbocycles. The van der Waals surface area contributed by atoms with Crippen LogP contribution in [-0.2, 0) is 87.0 Å². The number of likely N-dealkylation sites (N-methyl/N-ethyl adjacent to an activating group) is 3. The Labute approximate surface area is 645 Å². The Bertz CT molecular complexity index is 5380. The van der Waals surface area contributed by atoms with Gasteiger partial charge >= 0.3 is 0 Å². The molecule has 0 atom stereocenters. The van der Waals surface area contributed by atoms with Gasteiger partial charge in [-0.25, -0.2) is 29.9 Å². The van der Waals surface area contributed by atoms with E-state index in [9.17, 15) is 28.8 Å². The zero-order valence-electron chi connectivity index (χ0n) is 63.2. The first-order valence-electron chi connectivity index (χ1n) is 38.8. The van der Waals surface area contributed by atoms with Crippen LogP contribution in [0.2, 0.25) is 0 Å². The van der Waals surface area contributed by atoms with Crippen LogP contribution < -0.4 is 16.0 Å². The minimum Gasteiger partial charge on any atom is -0.378 e. The number of carbonyl (C=O) groups is 6. The van der Waals surface area contributed by atoms with Crippen LogP contribution in [0.5, 0.6) is 0 Å². The molecule has 28 nitrogen and oxygen atoms in total. The summed E-state index contributed by atoms with van der Waals surface area (Å²) in [4.78, 5) is 114. The molecule has 6 amide bonds. The minimum absolute atomic E-state index is 0.326. The lowest BCUT2D eigenvalue weighted by atomic mass is 9.96. The number of hydrogen-bond acceptors (Lipinski definition) is 19. The molecule has 0 radical (unpaired) electrons. The van der Waals surface area contributed by atoms with Crippen molar-refractivity contribution in [2.75, 3.05) is 112 Å². The third-order valence-corrected chi connectivity index (χ3v) is 21.8. The Morgan fingerprint density at radius 2 is 0.554 bits per heavy atom. The van der Waals surface area contributed by atoms with Gasteiger partial charge in [0.05, 0.1) is 86.3 Å². The second-order valence-corrected chi connectivity index (χ2v) is 28.5. The van der Waals surface area contributed by atoms with Gasteiger partial charge in [-0.05, 0) is 125 Å². The smallest absolute Gasteiger partial charge is 0.261 e. The predicted molar refractivity (Wildman–Crippen MR) is 426 cm³/mol. The molecule has 18 rings (SSSR count). The number of aromatic nitrogens is 12. The topological polar surface area (TPSA) is 292 Å². The highest BCUT2D eigenvalue weighted by molar-refractivity contribution is 6.52. The third kappa shape index (κ3) is 14.8. The molecule has 0 unspecified atom stereocenters. The summed E-state index contributed by atoms with van der Waals surface area (Å²) in [5, 5.41) is 13.7. The van der Waals surface area contributed by atoms with E-state index < -0.39 is 11.8 Å². The Hall–Kier alpha value is -11.5. The summed E-state index contributed by atoms with van der Waals surface area (Å²) in [6.07, 6.45) is 27.5. The number of hydrogen-bond donors (Lipinski definition) is 3. The van der Waals surface area contributed by atoms with Crippen molar-refractivity contribution in [3.63, 3.8) is 0 Å². The summed E-state index contributed by atoms with van der Waals surface area (Å²) < 4.78 is 36.1. The maximum atomic E-state index is 13.6. The number of aryl methyl sites for hydroxylation is 2. The van der Waals surface area contributed by atoms with Crippen LogP contribution in [0.4, 0.5) is 0 Å². The number of fused-ring (bicyclic) bond motifs is 36. The highest BCUT2D eigenvalue weighted by atomic mass is 16.5. The normalized spacial score (nSPS) is 18.3. The second-order valence-electron chi connectivity index (χ2n) is 28.5. The largest absolute Gasteiger partial charge is 0.378 e. The zero-order chi connectivity index (χ0) is 76.8. The van der Waals surface area contributed by atoms with Gasteiger partial charge in [-0.2, -0.15) is 0 Å². The van der Waals surface area contributed by atoms with Crippen LogP contribution in [0.15, 0.2) is 147 Å². The van der Waals surface area contributed by atoms with E-state index in [-0.39, 0.29) is 23.6 Å². The van der Waals surface area contributed by atoms with Crippen LogP contribution in [0.3, 0.4) is 0 Å². The molecule has 0 fully saturated rings. The van der Waals surface area contributed by atoms with Gasteiger partial charge in [-0.3, -0.25) is 54.1 Å². The highest BCUT2D eigenvalue weighted by Crippen LogP contribution is 2.43. The molecule has 0 aliphatic carbocycles. The predicted octanol–water partition coefficient (Wildman–Crippen LogP) is 8.49. The van der Waals surface area contributed by atoms with Crippen molar-refractivity contribution in [3.8, 4) is 0 Å². The lowest BCUT2D eigenvalue weighted by molar-refractivity contribution is -0.134. The number of amides is 6. The molecule has 576 valence electrons. The van der Waals surface area contributed by atoms with E-state index in [1.807, 2.05) is 128 Å². The van der Waals surface area contributed by atoms with Crippen molar-refractivity contribution >= 4 is 135 Å². The molecular formula is C84H90N18O10. The highest BCUT2D eigenvalue weighted by Gasteiger charge is 2.41. The third-order valence-electron chi connectivity index (χ3n) is 21.8. The molecule has 3 N–H and O–H groups in total. The van der Waals surface area contributed by atoms with Crippen LogP contribution in [-0.4, -0.2) is 220 Å². The van der Waals surface area contributed by atoms with Gasteiger partial charge in [0.1, 0.15) is 33.9 Å². The molecule has 6 aliphatic heterocycles. The molecule has 12 aromatic heterocycles. The average Bonchev–Trinajstić information content (AvgIpc) is 1.59. The quantitative estimate of drug-likeness (QED) is 0.137. The fourth-order valence-corrected chi connectivity index (χ4v) is 16.1. The summed E-state index contributed by atoms with van der Waals surface area (Å²) in [5.74, 6) is -2.21. The molecule has 0 saturated heterocycles. The number of imide groups is 3. The molecule has 12 aromatic rings. The first-order valence-corrected chi connectivity index (χ1v) is 38.8. The van der Waals surface area contributed by atoms with Crippen LogP contribution in [0.1, 0.15) is 79.3 Å². The van der Waals surface area contributed by atoms with Gasteiger partial charge in [0.15, 0.2) is 0 Å². The maximum Gasteiger partial charge on any atom is 0.261 e. The minimum atomic E-state index is -0.414. The molecular weight excluding hydrogens is 1420 g/mol. The van der Waals surface area contributed by atoms with E-state index in [1.54, 1.807) is 37.2 Å². The number of nitrogens with zero attached hydrogens (tertiary/aromatic N) is 15. The summed E-state index contributed by atoms with van der Waals surface area (Å²) in [6.45, 7) is 19.8. The van der Waals surface area contributed by atoms with Gasteiger partial charge in [-0.1, -0.05) is 20.3 Å². The second kappa shape index (κ2) is 33.6. The lowest BCUT2D eigenvalue weighted by Crippen LogP contribution is -2.31. The van der Waals surface area contributed by atoms with Crippen molar-refractivity contribution < 1.29 is 47.7 Å². The number of nitrogens with one attached hydrogen (secondary N) is 3. The van der Waals surface area contributed by atoms with Gasteiger partial charge < -0.3 is 51.7 Å². The van der Waals surface area contributed by atoms with Crippen LogP contribution in [0, 0.1) is 0 Å². The van der Waals surface area contributed by atoms with Gasteiger partial charge in [0, 0.05) is 213 Å². The molecule has 0 saturated carbocycles. The fourth-order valence-electron chi connectivity index (χ4n) is 16.1. The summed E-state index contributed by atoms with van der Waals surface area (Å²) in [5.41, 5.74) is 11.2. The first-order chi connectivity index (χ1) is 55.0. The molecule has 12 bridgehead atoms. The van der Waals surface area contributed by atoms with E-state index in [1.165, 1.54) is 11.9 Å². The van der Waals surface area contributed by atoms with Crippen LogP contribution in [0.25, 0.3) is 99.6 Å². The number of rotatable bonds is 2. The molecule has 112 heavy (non-hydrogen) atoms. The van der Waals surface area contributed by atoms with E-state index in [0.29, 0.717) is 135 Å². The van der Waals surface area contributed by atoms with Gasteiger partial charge in [0.2, 0.25) is 0 Å². The molecule has 28 heteroatoms. The Kier molecular flexibility index (Phi) is 22.4. The average molecular weight is 1510 g/mol. The van der Waals surface area contributed by atoms with E-state index in [0.717, 1.165) is 175 Å². The molecule has 18 heterocycles. The Balaban J connectivity index is 0.000000127. The monoisotopic (exact) mass is 1510 g/mol. The summed E-state index contributed by atoms with van der Waals surface area (Å²) in [6, 6.07) is 22.9. The van der Waals surface area contributed by atoms with Crippen molar-refractivity contribution in [1.82, 2.24) is 88.0 Å². The van der Waals surface area contributed by atoms with Crippen molar-refractivity contribution in [3.05, 3.63) is 181 Å². The van der Waals surface area contributed by atoms with Gasteiger partial charge in [0.25, 0.3) is 35.4 Å². The van der Waals surface area contributed by atoms with E-state index in [4.69, 9.17) is 18.9 Å². The summed E-state index contributed by atoms with van der Waals surface area (Å²) in [7, 11) is 1.53. The zero-order valence-corrected chi connectivity index (χ0v) is 63.2. The van der Waals surface area contributed by atoms with Crippen molar-refractivity contribution in [2.24, 2.45) is 0 Å². The summed E-state index contributed by atoms with van der Waals surface area (Å²) >= 11 is 0. The van der Waals surface area contributed by atoms with E-state index >= 15 is 0 Å². The SMILES string of the molecule is CCN1CCOCCn2cc(c3cccnc32)C2=C(C(=O)N(C)C2=O)c2cn(c3ncccc23)CCOCC1.CCN1CCOCCn2cc(c3cccnc32)C2=C(C(=O)NC2=O)c2cn(c3ncccc23)CCOCC1.O=C1NC(=O)C2=C1c1cn(c3ncccc13)CCCCCNCCCCn1cc2c2cccnc21. The fraction of sp³-hybridized carbons (Fsp3) is 0.357. The number of ether oxygens (including phenoxy) is 4. The maximum absolute atomic E-state index is 13.6. The molecule has 0 spiro atoms. The van der Waals surface area contributed by atoms with Crippen LogP contribution >= 0.6 is 0 Å². The first kappa shape index (κ1) is 74.6.